The Morgan fingerprint density at radius 2 is 1.91 bits per heavy atom. The van der Waals surface area contributed by atoms with Crippen molar-refractivity contribution < 1.29 is 14.6 Å². The van der Waals surface area contributed by atoms with Crippen molar-refractivity contribution in [2.24, 2.45) is 5.92 Å². The smallest absolute Gasteiger partial charge is 0.252 e. The number of nitrogens with zero attached hydrogens (tertiary/aromatic N) is 5. The monoisotopic (exact) mass is 482 g/mol. The first-order chi connectivity index (χ1) is 17.0. The molecular formula is C25H34N6O4. The van der Waals surface area contributed by atoms with Crippen molar-refractivity contribution in [3.05, 3.63) is 39.9 Å². The third-order valence-electron chi connectivity index (χ3n) is 7.04. The van der Waals surface area contributed by atoms with Crippen LogP contribution in [0.1, 0.15) is 69.4 Å². The van der Waals surface area contributed by atoms with E-state index >= 15 is 0 Å². The van der Waals surface area contributed by atoms with Crippen molar-refractivity contribution in [3.63, 3.8) is 0 Å². The van der Waals surface area contributed by atoms with Gasteiger partial charge in [0.25, 0.3) is 5.56 Å². The molecule has 1 aliphatic carbocycles. The fraction of sp³-hybridized carbons (Fsp3) is 0.600. The summed E-state index contributed by atoms with van der Waals surface area (Å²) in [5.74, 6) is 2.38. The summed E-state index contributed by atoms with van der Waals surface area (Å²) in [6.07, 6.45) is 5.14. The van der Waals surface area contributed by atoms with Crippen molar-refractivity contribution in [2.75, 3.05) is 26.4 Å². The minimum absolute atomic E-state index is 0.0758. The molecule has 1 atom stereocenters. The molecule has 0 unspecified atom stereocenters. The van der Waals surface area contributed by atoms with Gasteiger partial charge in [0.2, 0.25) is 0 Å². The second-order valence-corrected chi connectivity index (χ2v) is 9.86. The first-order valence-electron chi connectivity index (χ1n) is 12.6. The maximum atomic E-state index is 13.1. The van der Waals surface area contributed by atoms with Crippen LogP contribution < -0.4 is 15.0 Å². The maximum Gasteiger partial charge on any atom is 0.252 e. The van der Waals surface area contributed by atoms with Crippen molar-refractivity contribution >= 4 is 10.9 Å². The number of H-pyrrole nitrogens is 1. The molecule has 188 valence electrons. The molecule has 0 radical (unpaired) electrons. The number of aromatic nitrogens is 5. The van der Waals surface area contributed by atoms with Gasteiger partial charge < -0.3 is 19.6 Å². The number of aromatic amines is 1. The first kappa shape index (κ1) is 23.7. The van der Waals surface area contributed by atoms with Gasteiger partial charge >= 0.3 is 0 Å². The van der Waals surface area contributed by atoms with Crippen LogP contribution in [0.15, 0.2) is 23.0 Å². The number of aliphatic hydroxyl groups excluding tert-OH is 1. The number of hydrogen-bond acceptors (Lipinski definition) is 8. The number of fused-ring (bicyclic) bond motifs is 2. The van der Waals surface area contributed by atoms with E-state index < -0.39 is 0 Å². The highest BCUT2D eigenvalue weighted by molar-refractivity contribution is 5.83. The average molecular weight is 483 g/mol. The molecule has 35 heavy (non-hydrogen) atoms. The topological polar surface area (TPSA) is 118 Å². The van der Waals surface area contributed by atoms with Crippen LogP contribution in [0.25, 0.3) is 10.9 Å². The van der Waals surface area contributed by atoms with Crippen LogP contribution in [-0.2, 0) is 6.54 Å². The number of pyridine rings is 1. The lowest BCUT2D eigenvalue weighted by atomic mass is 9.99. The highest BCUT2D eigenvalue weighted by Gasteiger charge is 2.32. The molecule has 3 heterocycles. The number of ether oxygens (including phenoxy) is 2. The van der Waals surface area contributed by atoms with E-state index in [1.165, 1.54) is 12.8 Å². The predicted octanol–water partition coefficient (Wildman–Crippen LogP) is 2.98. The Kier molecular flexibility index (Phi) is 7.01. The van der Waals surface area contributed by atoms with Gasteiger partial charge in [-0.1, -0.05) is 26.7 Å². The lowest BCUT2D eigenvalue weighted by Gasteiger charge is -2.34. The molecule has 0 spiro atoms. The molecule has 1 aromatic carbocycles. The molecule has 0 amide bonds. The first-order valence-corrected chi connectivity index (χ1v) is 12.6. The van der Waals surface area contributed by atoms with Crippen LogP contribution >= 0.6 is 0 Å². The van der Waals surface area contributed by atoms with Crippen molar-refractivity contribution in [1.82, 2.24) is 30.1 Å². The predicted molar refractivity (Wildman–Crippen MR) is 131 cm³/mol. The van der Waals surface area contributed by atoms with E-state index in [0.29, 0.717) is 55.8 Å². The fourth-order valence-corrected chi connectivity index (χ4v) is 5.40. The summed E-state index contributed by atoms with van der Waals surface area (Å²) in [5, 5.41) is 23.3. The summed E-state index contributed by atoms with van der Waals surface area (Å²) in [6, 6.07) is 5.90. The highest BCUT2D eigenvalue weighted by Crippen LogP contribution is 2.36. The zero-order chi connectivity index (χ0) is 24.4. The van der Waals surface area contributed by atoms with E-state index in [4.69, 9.17) is 9.47 Å². The largest absolute Gasteiger partial charge is 0.486 e. The number of hydrogen-bond donors (Lipinski definition) is 2. The molecule has 0 saturated heterocycles. The summed E-state index contributed by atoms with van der Waals surface area (Å²) in [4.78, 5) is 18.4. The Balaban J connectivity index is 1.50. The minimum Gasteiger partial charge on any atom is -0.486 e. The SMILES string of the molecule is CC(C)[C@H](c1nnnn1C1CCCC1)N(CCCO)Cc1cc2cc3c(cc2[nH]c1=O)OCCO3. The van der Waals surface area contributed by atoms with E-state index in [1.807, 2.05) is 22.9 Å². The van der Waals surface area contributed by atoms with Gasteiger partial charge in [0.1, 0.15) is 13.2 Å². The molecular weight excluding hydrogens is 448 g/mol. The number of benzene rings is 1. The number of aliphatic hydroxyl groups is 1. The van der Waals surface area contributed by atoms with Crippen LogP contribution in [-0.4, -0.2) is 61.6 Å². The van der Waals surface area contributed by atoms with Gasteiger partial charge in [0.15, 0.2) is 17.3 Å². The second kappa shape index (κ2) is 10.3. The molecule has 10 heteroatoms. The van der Waals surface area contributed by atoms with E-state index in [0.717, 1.165) is 29.6 Å². The van der Waals surface area contributed by atoms with Gasteiger partial charge in [-0.05, 0) is 47.7 Å². The summed E-state index contributed by atoms with van der Waals surface area (Å²) in [5.41, 5.74) is 1.23. The lowest BCUT2D eigenvalue weighted by molar-refractivity contribution is 0.120. The van der Waals surface area contributed by atoms with Gasteiger partial charge in [-0.2, -0.15) is 0 Å². The Morgan fingerprint density at radius 3 is 2.63 bits per heavy atom. The molecule has 2 aromatic heterocycles. The van der Waals surface area contributed by atoms with Crippen molar-refractivity contribution in [2.45, 2.75) is 64.6 Å². The average Bonchev–Trinajstić information content (AvgIpc) is 3.54. The van der Waals surface area contributed by atoms with Crippen molar-refractivity contribution in [3.8, 4) is 11.5 Å². The van der Waals surface area contributed by atoms with Gasteiger partial charge in [0.05, 0.1) is 17.6 Å². The summed E-state index contributed by atoms with van der Waals surface area (Å²) in [6.45, 7) is 6.42. The molecule has 1 fully saturated rings. The number of rotatable bonds is 9. The van der Waals surface area contributed by atoms with Crippen LogP contribution in [0.2, 0.25) is 0 Å². The molecule has 0 bridgehead atoms. The Hall–Kier alpha value is -2.98. The zero-order valence-corrected chi connectivity index (χ0v) is 20.4. The Bertz CT molecular complexity index is 1220. The molecule has 1 aliphatic heterocycles. The quantitative estimate of drug-likeness (QED) is 0.478. The van der Waals surface area contributed by atoms with E-state index in [2.05, 4.69) is 39.3 Å². The van der Waals surface area contributed by atoms with E-state index in [-0.39, 0.29) is 24.1 Å². The van der Waals surface area contributed by atoms with Gasteiger partial charge in [-0.25, -0.2) is 4.68 Å². The fourth-order valence-electron chi connectivity index (χ4n) is 5.40. The van der Waals surface area contributed by atoms with Gasteiger partial charge in [0, 0.05) is 36.7 Å². The third-order valence-corrected chi connectivity index (χ3v) is 7.04. The van der Waals surface area contributed by atoms with Crippen LogP contribution in [0, 0.1) is 5.92 Å². The van der Waals surface area contributed by atoms with Crippen LogP contribution in [0.3, 0.4) is 0 Å². The Labute approximate surface area is 204 Å². The molecule has 10 nitrogen and oxygen atoms in total. The minimum atomic E-state index is -0.138. The number of tetrazole rings is 1. The molecule has 2 aliphatic rings. The number of nitrogens with one attached hydrogen (secondary N) is 1. The summed E-state index contributed by atoms with van der Waals surface area (Å²) >= 11 is 0. The highest BCUT2D eigenvalue weighted by atomic mass is 16.6. The second-order valence-electron chi connectivity index (χ2n) is 9.86. The normalized spacial score (nSPS) is 17.1. The molecule has 3 aromatic rings. The van der Waals surface area contributed by atoms with Gasteiger partial charge in [-0.3, -0.25) is 9.69 Å². The van der Waals surface area contributed by atoms with Crippen LogP contribution in [0.4, 0.5) is 0 Å². The zero-order valence-electron chi connectivity index (χ0n) is 20.4. The standard InChI is InChI=1S/C25H34N6O4/c1-16(2)23(24-27-28-29-31(24)19-6-3-4-7-19)30(8-5-9-32)15-18-12-17-13-21-22(35-11-10-34-21)14-20(17)26-25(18)33/h12-14,16,19,23,32H,3-11,15H2,1-2H3,(H,26,33)/t23-/m1/s1. The summed E-state index contributed by atoms with van der Waals surface area (Å²) in [7, 11) is 0. The lowest BCUT2D eigenvalue weighted by Crippen LogP contribution is -2.37. The van der Waals surface area contributed by atoms with E-state index in [9.17, 15) is 9.90 Å². The third kappa shape index (κ3) is 4.90. The Morgan fingerprint density at radius 1 is 1.17 bits per heavy atom. The van der Waals surface area contributed by atoms with Crippen molar-refractivity contribution in [1.29, 1.82) is 0 Å². The van der Waals surface area contributed by atoms with Gasteiger partial charge in [-0.15, -0.1) is 5.10 Å². The summed E-state index contributed by atoms with van der Waals surface area (Å²) < 4.78 is 13.4. The molecule has 2 N–H and O–H groups in total. The maximum absolute atomic E-state index is 13.1. The van der Waals surface area contributed by atoms with Crippen LogP contribution in [0.5, 0.6) is 11.5 Å². The van der Waals surface area contributed by atoms with E-state index in [1.54, 1.807) is 0 Å². The molecule has 5 rings (SSSR count). The molecule has 1 saturated carbocycles.